The van der Waals surface area contributed by atoms with E-state index in [4.69, 9.17) is 10.5 Å². The normalized spacial score (nSPS) is 31.9. The number of likely N-dealkylation sites (N-methyl/N-ethyl adjacent to an activating group) is 1. The molecule has 1 heterocycles. The summed E-state index contributed by atoms with van der Waals surface area (Å²) >= 11 is 0. The zero-order chi connectivity index (χ0) is 11.6. The molecule has 2 atom stereocenters. The molecule has 2 aliphatic rings. The molecule has 0 radical (unpaired) electrons. The van der Waals surface area contributed by atoms with Gasteiger partial charge in [0.2, 0.25) is 0 Å². The van der Waals surface area contributed by atoms with E-state index < -0.39 is 0 Å². The fourth-order valence-electron chi connectivity index (χ4n) is 3.52. The molecule has 1 aliphatic carbocycles. The van der Waals surface area contributed by atoms with Gasteiger partial charge in [-0.3, -0.25) is 0 Å². The maximum Gasteiger partial charge on any atom is 0.0510 e. The van der Waals surface area contributed by atoms with E-state index in [9.17, 15) is 0 Å². The summed E-state index contributed by atoms with van der Waals surface area (Å²) in [6.07, 6.45) is 7.72. The fourth-order valence-corrected chi connectivity index (χ4v) is 3.52. The SMILES string of the molecule is CN(C)C1(C(N)C2CCOC2)CCCCC1. The van der Waals surface area contributed by atoms with E-state index in [1.54, 1.807) is 0 Å². The minimum atomic E-state index is 0.233. The number of nitrogens with two attached hydrogens (primary N) is 1. The van der Waals surface area contributed by atoms with Gasteiger partial charge in [0.25, 0.3) is 0 Å². The summed E-state index contributed by atoms with van der Waals surface area (Å²) in [6.45, 7) is 1.78. The Bertz CT molecular complexity index is 218. The second-order valence-corrected chi connectivity index (χ2v) is 5.71. The van der Waals surface area contributed by atoms with Crippen LogP contribution in [0.4, 0.5) is 0 Å². The first-order chi connectivity index (χ1) is 7.67. The molecule has 3 heteroatoms. The van der Waals surface area contributed by atoms with Gasteiger partial charge in [-0.15, -0.1) is 0 Å². The van der Waals surface area contributed by atoms with Crippen LogP contribution in [0.3, 0.4) is 0 Å². The Balaban J connectivity index is 2.10. The van der Waals surface area contributed by atoms with Crippen molar-refractivity contribution in [3.63, 3.8) is 0 Å². The van der Waals surface area contributed by atoms with Gasteiger partial charge in [0.15, 0.2) is 0 Å². The summed E-state index contributed by atoms with van der Waals surface area (Å²) in [5.74, 6) is 0.570. The Morgan fingerprint density at radius 1 is 1.25 bits per heavy atom. The first kappa shape index (κ1) is 12.3. The van der Waals surface area contributed by atoms with E-state index in [2.05, 4.69) is 19.0 Å². The lowest BCUT2D eigenvalue weighted by Gasteiger charge is -2.49. The Kier molecular flexibility index (Phi) is 3.88. The van der Waals surface area contributed by atoms with Gasteiger partial charge in [-0.2, -0.15) is 0 Å². The number of nitrogens with zero attached hydrogens (tertiary/aromatic N) is 1. The van der Waals surface area contributed by atoms with Crippen molar-refractivity contribution in [2.45, 2.75) is 50.1 Å². The van der Waals surface area contributed by atoms with Crippen molar-refractivity contribution in [1.29, 1.82) is 0 Å². The van der Waals surface area contributed by atoms with Crippen LogP contribution >= 0.6 is 0 Å². The molecule has 2 N–H and O–H groups in total. The predicted octanol–water partition coefficient (Wildman–Crippen LogP) is 1.61. The number of ether oxygens (including phenoxy) is 1. The lowest BCUT2D eigenvalue weighted by atomic mass is 9.71. The first-order valence-electron chi connectivity index (χ1n) is 6.67. The van der Waals surface area contributed by atoms with Crippen LogP contribution in [-0.2, 0) is 4.74 Å². The number of hydrogen-bond acceptors (Lipinski definition) is 3. The Hall–Kier alpha value is -0.120. The highest BCUT2D eigenvalue weighted by Crippen LogP contribution is 2.38. The van der Waals surface area contributed by atoms with E-state index in [1.807, 2.05) is 0 Å². The zero-order valence-electron chi connectivity index (χ0n) is 10.7. The van der Waals surface area contributed by atoms with Gasteiger partial charge in [-0.1, -0.05) is 19.3 Å². The monoisotopic (exact) mass is 226 g/mol. The Morgan fingerprint density at radius 2 is 1.94 bits per heavy atom. The standard InChI is InChI=1S/C13H26N2O/c1-15(2)13(7-4-3-5-8-13)12(14)11-6-9-16-10-11/h11-12H,3-10,14H2,1-2H3. The average Bonchev–Trinajstić information content (AvgIpc) is 2.82. The van der Waals surface area contributed by atoms with Crippen LogP contribution < -0.4 is 5.73 Å². The molecular weight excluding hydrogens is 200 g/mol. The van der Waals surface area contributed by atoms with Crippen LogP contribution in [0.2, 0.25) is 0 Å². The lowest BCUT2D eigenvalue weighted by molar-refractivity contribution is 0.0454. The average molecular weight is 226 g/mol. The van der Waals surface area contributed by atoms with Crippen LogP contribution in [0.15, 0.2) is 0 Å². The molecule has 1 aliphatic heterocycles. The third-order valence-electron chi connectivity index (χ3n) is 4.70. The highest BCUT2D eigenvalue weighted by molar-refractivity contribution is 5.02. The third kappa shape index (κ3) is 2.13. The highest BCUT2D eigenvalue weighted by atomic mass is 16.5. The van der Waals surface area contributed by atoms with Crippen molar-refractivity contribution in [3.05, 3.63) is 0 Å². The summed E-state index contributed by atoms with van der Waals surface area (Å²) < 4.78 is 5.50. The van der Waals surface area contributed by atoms with E-state index in [0.717, 1.165) is 19.6 Å². The molecular formula is C13H26N2O. The van der Waals surface area contributed by atoms with Crippen molar-refractivity contribution in [2.24, 2.45) is 11.7 Å². The molecule has 0 spiro atoms. The molecule has 16 heavy (non-hydrogen) atoms. The van der Waals surface area contributed by atoms with Crippen molar-refractivity contribution >= 4 is 0 Å². The topological polar surface area (TPSA) is 38.5 Å². The summed E-state index contributed by atoms with van der Waals surface area (Å²) in [4.78, 5) is 2.38. The highest BCUT2D eigenvalue weighted by Gasteiger charge is 2.43. The molecule has 0 aromatic rings. The Morgan fingerprint density at radius 3 is 2.44 bits per heavy atom. The lowest BCUT2D eigenvalue weighted by Crippen LogP contribution is -2.61. The smallest absolute Gasteiger partial charge is 0.0510 e. The molecule has 2 rings (SSSR count). The second-order valence-electron chi connectivity index (χ2n) is 5.71. The molecule has 1 saturated heterocycles. The molecule has 0 aromatic heterocycles. The summed E-state index contributed by atoms with van der Waals surface area (Å²) in [5.41, 5.74) is 6.80. The van der Waals surface area contributed by atoms with Gasteiger partial charge in [-0.25, -0.2) is 0 Å². The van der Waals surface area contributed by atoms with Crippen LogP contribution in [0.25, 0.3) is 0 Å². The zero-order valence-corrected chi connectivity index (χ0v) is 10.7. The maximum absolute atomic E-state index is 6.57. The van der Waals surface area contributed by atoms with Crippen molar-refractivity contribution < 1.29 is 4.74 Å². The quantitative estimate of drug-likeness (QED) is 0.794. The summed E-state index contributed by atoms with van der Waals surface area (Å²) in [7, 11) is 4.39. The van der Waals surface area contributed by atoms with E-state index in [-0.39, 0.29) is 11.6 Å². The minimum absolute atomic E-state index is 0.233. The van der Waals surface area contributed by atoms with Crippen molar-refractivity contribution in [2.75, 3.05) is 27.3 Å². The van der Waals surface area contributed by atoms with Gasteiger partial charge in [-0.05, 0) is 33.4 Å². The molecule has 1 saturated carbocycles. The summed E-state index contributed by atoms with van der Waals surface area (Å²) in [5, 5.41) is 0. The molecule has 0 amide bonds. The first-order valence-corrected chi connectivity index (χ1v) is 6.67. The second kappa shape index (κ2) is 5.03. The van der Waals surface area contributed by atoms with Gasteiger partial charge in [0.1, 0.15) is 0 Å². The third-order valence-corrected chi connectivity index (χ3v) is 4.70. The molecule has 2 unspecified atom stereocenters. The van der Waals surface area contributed by atoms with Crippen LogP contribution in [-0.4, -0.2) is 43.8 Å². The van der Waals surface area contributed by atoms with Gasteiger partial charge >= 0.3 is 0 Å². The molecule has 94 valence electrons. The molecule has 2 fully saturated rings. The predicted molar refractivity (Wildman–Crippen MR) is 66.4 cm³/mol. The molecule has 3 nitrogen and oxygen atoms in total. The van der Waals surface area contributed by atoms with Crippen LogP contribution in [0, 0.1) is 5.92 Å². The van der Waals surface area contributed by atoms with Gasteiger partial charge in [0.05, 0.1) is 6.61 Å². The summed E-state index contributed by atoms with van der Waals surface area (Å²) in [6, 6.07) is 0.283. The van der Waals surface area contributed by atoms with Crippen molar-refractivity contribution in [3.8, 4) is 0 Å². The van der Waals surface area contributed by atoms with Crippen molar-refractivity contribution in [1.82, 2.24) is 4.90 Å². The maximum atomic E-state index is 6.57. The fraction of sp³-hybridized carbons (Fsp3) is 1.00. The van der Waals surface area contributed by atoms with E-state index >= 15 is 0 Å². The van der Waals surface area contributed by atoms with Gasteiger partial charge in [0, 0.05) is 24.1 Å². The van der Waals surface area contributed by atoms with Crippen LogP contribution in [0.5, 0.6) is 0 Å². The van der Waals surface area contributed by atoms with Gasteiger partial charge < -0.3 is 15.4 Å². The number of rotatable bonds is 3. The van der Waals surface area contributed by atoms with E-state index in [1.165, 1.54) is 32.1 Å². The molecule has 0 aromatic carbocycles. The number of hydrogen-bond donors (Lipinski definition) is 1. The largest absolute Gasteiger partial charge is 0.381 e. The van der Waals surface area contributed by atoms with Crippen LogP contribution in [0.1, 0.15) is 38.5 Å². The van der Waals surface area contributed by atoms with E-state index in [0.29, 0.717) is 5.92 Å². The molecule has 0 bridgehead atoms. The Labute approximate surface area is 99.3 Å². The minimum Gasteiger partial charge on any atom is -0.381 e.